The van der Waals surface area contributed by atoms with Gasteiger partial charge in [-0.05, 0) is 18.6 Å². The Hall–Kier alpha value is -3.16. The van der Waals surface area contributed by atoms with E-state index in [1.807, 2.05) is 0 Å². The molecule has 166 valence electrons. The van der Waals surface area contributed by atoms with E-state index in [2.05, 4.69) is 5.43 Å². The number of carbonyl (C=O) groups excluding carboxylic acids is 4. The maximum absolute atomic E-state index is 13.3. The van der Waals surface area contributed by atoms with Crippen LogP contribution >= 0.6 is 0 Å². The summed E-state index contributed by atoms with van der Waals surface area (Å²) < 4.78 is 10.5. The zero-order valence-corrected chi connectivity index (χ0v) is 18.7. The molecule has 0 saturated heterocycles. The molecule has 1 saturated carbocycles. The van der Waals surface area contributed by atoms with Crippen LogP contribution in [0.25, 0.3) is 0 Å². The van der Waals surface area contributed by atoms with Gasteiger partial charge in [0.15, 0.2) is 28.8 Å². The first-order valence-corrected chi connectivity index (χ1v) is 10.0. The number of ether oxygens (including phenoxy) is 2. The van der Waals surface area contributed by atoms with Crippen LogP contribution in [-0.4, -0.2) is 44.0 Å². The smallest absolute Gasteiger partial charge is 0.262 e. The first kappa shape index (κ1) is 22.5. The van der Waals surface area contributed by atoms with Gasteiger partial charge >= 0.3 is 0 Å². The average Bonchev–Trinajstić information content (AvgIpc) is 2.71. The number of hydrazine groups is 1. The van der Waals surface area contributed by atoms with E-state index < -0.39 is 40.0 Å². The molecule has 8 heteroatoms. The van der Waals surface area contributed by atoms with Gasteiger partial charge in [-0.25, -0.2) is 0 Å². The van der Waals surface area contributed by atoms with Gasteiger partial charge in [0.1, 0.15) is 5.92 Å². The molecule has 0 atom stereocenters. The third-order valence-corrected chi connectivity index (χ3v) is 5.88. The van der Waals surface area contributed by atoms with Crippen molar-refractivity contribution in [3.05, 3.63) is 29.8 Å². The molecule has 8 nitrogen and oxygen atoms in total. The topological polar surface area (TPSA) is 102 Å². The summed E-state index contributed by atoms with van der Waals surface area (Å²) in [5, 5.41) is 1.48. The molecule has 0 bridgehead atoms. The summed E-state index contributed by atoms with van der Waals surface area (Å²) in [6.07, 6.45) is 1.54. The molecule has 1 aliphatic heterocycles. The molecule has 3 rings (SSSR count). The highest BCUT2D eigenvalue weighted by Crippen LogP contribution is 2.44. The predicted octanol–water partition coefficient (Wildman–Crippen LogP) is 2.26. The fraction of sp³-hybridized carbons (Fsp3) is 0.478. The number of methoxy groups -OCH3 is 2. The Labute approximate surface area is 181 Å². The van der Waals surface area contributed by atoms with E-state index in [-0.39, 0.29) is 12.1 Å². The van der Waals surface area contributed by atoms with Crippen molar-refractivity contribution in [2.75, 3.05) is 25.8 Å². The Morgan fingerprint density at radius 2 is 1.58 bits per heavy atom. The maximum Gasteiger partial charge on any atom is 0.262 e. The highest BCUT2D eigenvalue weighted by Gasteiger charge is 2.54. The van der Waals surface area contributed by atoms with Crippen LogP contribution in [0.4, 0.5) is 5.69 Å². The number of hydrogen-bond acceptors (Lipinski definition) is 7. The van der Waals surface area contributed by atoms with Crippen molar-refractivity contribution >= 4 is 28.9 Å². The van der Waals surface area contributed by atoms with E-state index in [4.69, 9.17) is 9.47 Å². The van der Waals surface area contributed by atoms with E-state index in [1.54, 1.807) is 45.9 Å². The molecular weight excluding hydrogens is 400 g/mol. The number of benzene rings is 1. The summed E-state index contributed by atoms with van der Waals surface area (Å²) in [6.45, 7) is 7.02. The number of hydrogen-bond donors (Lipinski definition) is 1. The summed E-state index contributed by atoms with van der Waals surface area (Å²) in [7, 11) is 3.01. The Morgan fingerprint density at radius 1 is 1.00 bits per heavy atom. The lowest BCUT2D eigenvalue weighted by molar-refractivity contribution is -0.154. The zero-order chi connectivity index (χ0) is 23.1. The zero-order valence-electron chi connectivity index (χ0n) is 18.7. The highest BCUT2D eigenvalue weighted by molar-refractivity contribution is 6.28. The minimum absolute atomic E-state index is 0.0119. The quantitative estimate of drug-likeness (QED) is 0.718. The summed E-state index contributed by atoms with van der Waals surface area (Å²) in [4.78, 5) is 51.7. The normalized spacial score (nSPS) is 20.8. The first-order valence-electron chi connectivity index (χ1n) is 10.0. The van der Waals surface area contributed by atoms with Crippen LogP contribution in [0.15, 0.2) is 29.8 Å². The molecule has 31 heavy (non-hydrogen) atoms. The predicted molar refractivity (Wildman–Crippen MR) is 114 cm³/mol. The van der Waals surface area contributed by atoms with Crippen molar-refractivity contribution in [2.24, 2.45) is 16.7 Å². The van der Waals surface area contributed by atoms with Gasteiger partial charge in [-0.2, -0.15) is 0 Å². The number of anilines is 1. The van der Waals surface area contributed by atoms with Gasteiger partial charge < -0.3 is 9.47 Å². The van der Waals surface area contributed by atoms with Gasteiger partial charge in [-0.1, -0.05) is 27.7 Å². The summed E-state index contributed by atoms with van der Waals surface area (Å²) in [6, 6.07) is 5.05. The van der Waals surface area contributed by atoms with Gasteiger partial charge in [0.05, 0.1) is 26.5 Å². The van der Waals surface area contributed by atoms with E-state index >= 15 is 0 Å². The molecule has 1 amide bonds. The van der Waals surface area contributed by atoms with Gasteiger partial charge in [0.2, 0.25) is 0 Å². The van der Waals surface area contributed by atoms with Crippen LogP contribution in [0.5, 0.6) is 11.5 Å². The maximum atomic E-state index is 13.3. The SMILES string of the molecule is COc1ccc(N2CC(C(=O)C3C(=O)C(C)(C)CC(C)(C)C3=O)=CC(=O)N2)cc1OC. The molecule has 0 spiro atoms. The molecular formula is C23H28N2O6. The largest absolute Gasteiger partial charge is 0.493 e. The van der Waals surface area contributed by atoms with E-state index in [0.29, 0.717) is 23.6 Å². The molecule has 1 heterocycles. The van der Waals surface area contributed by atoms with Crippen molar-refractivity contribution in [1.82, 2.24) is 5.43 Å². The number of nitrogens with one attached hydrogen (secondary N) is 1. The molecule has 1 aliphatic carbocycles. The van der Waals surface area contributed by atoms with Crippen molar-refractivity contribution in [3.8, 4) is 11.5 Å². The molecule has 1 aromatic rings. The second-order valence-electron chi connectivity index (χ2n) is 9.24. The van der Waals surface area contributed by atoms with Crippen molar-refractivity contribution in [2.45, 2.75) is 34.1 Å². The minimum Gasteiger partial charge on any atom is -0.493 e. The Balaban J connectivity index is 1.92. The van der Waals surface area contributed by atoms with Gasteiger partial charge in [-0.3, -0.25) is 29.6 Å². The van der Waals surface area contributed by atoms with Crippen LogP contribution in [-0.2, 0) is 19.2 Å². The minimum atomic E-state index is -1.40. The standard InChI is InChI=1S/C23H28N2O6/c1-22(2)12-23(3,4)21(29)18(20(22)28)19(27)13-9-17(26)24-25(11-13)14-7-8-15(30-5)16(10-14)31-6/h7-10,18H,11-12H2,1-6H3,(H,24,26). The number of amides is 1. The Kier molecular flexibility index (Phi) is 5.69. The molecule has 0 aromatic heterocycles. The number of rotatable bonds is 5. The van der Waals surface area contributed by atoms with Crippen molar-refractivity contribution < 1.29 is 28.7 Å². The first-order chi connectivity index (χ1) is 14.4. The lowest BCUT2D eigenvalue weighted by Crippen LogP contribution is -2.54. The summed E-state index contributed by atoms with van der Waals surface area (Å²) in [5.74, 6) is -2.35. The van der Waals surface area contributed by atoms with Crippen LogP contribution in [0.1, 0.15) is 34.1 Å². The van der Waals surface area contributed by atoms with Crippen LogP contribution in [0.3, 0.4) is 0 Å². The second-order valence-corrected chi connectivity index (χ2v) is 9.24. The van der Waals surface area contributed by atoms with E-state index in [9.17, 15) is 19.2 Å². The fourth-order valence-electron chi connectivity index (χ4n) is 4.48. The lowest BCUT2D eigenvalue weighted by Gasteiger charge is -2.42. The third-order valence-electron chi connectivity index (χ3n) is 5.88. The third kappa shape index (κ3) is 4.06. The molecule has 1 N–H and O–H groups in total. The molecule has 1 fully saturated rings. The summed E-state index contributed by atoms with van der Waals surface area (Å²) >= 11 is 0. The monoisotopic (exact) mass is 428 g/mol. The van der Waals surface area contributed by atoms with Crippen LogP contribution in [0, 0.1) is 16.7 Å². The number of nitrogens with zero attached hydrogens (tertiary/aromatic N) is 1. The fourth-order valence-corrected chi connectivity index (χ4v) is 4.48. The number of carbonyl (C=O) groups is 4. The highest BCUT2D eigenvalue weighted by atomic mass is 16.5. The molecule has 0 radical (unpaired) electrons. The van der Waals surface area contributed by atoms with Gasteiger partial charge in [0, 0.05) is 28.5 Å². The van der Waals surface area contributed by atoms with Crippen molar-refractivity contribution in [1.29, 1.82) is 0 Å². The van der Waals surface area contributed by atoms with Gasteiger partial charge in [-0.15, -0.1) is 0 Å². The van der Waals surface area contributed by atoms with Crippen LogP contribution in [0.2, 0.25) is 0 Å². The van der Waals surface area contributed by atoms with E-state index in [0.717, 1.165) is 6.08 Å². The Bertz CT molecular complexity index is 966. The lowest BCUT2D eigenvalue weighted by atomic mass is 9.58. The Morgan fingerprint density at radius 3 is 2.13 bits per heavy atom. The molecule has 1 aromatic carbocycles. The van der Waals surface area contributed by atoms with Crippen molar-refractivity contribution in [3.63, 3.8) is 0 Å². The van der Waals surface area contributed by atoms with E-state index in [1.165, 1.54) is 19.2 Å². The van der Waals surface area contributed by atoms with Gasteiger partial charge in [0.25, 0.3) is 5.91 Å². The number of ketones is 3. The second kappa shape index (κ2) is 7.83. The van der Waals surface area contributed by atoms with Crippen LogP contribution < -0.4 is 19.9 Å². The number of Topliss-reactive ketones (excluding diaryl/α,β-unsaturated/α-hetero) is 3. The summed E-state index contributed by atoms with van der Waals surface area (Å²) in [5.41, 5.74) is 1.72. The molecule has 0 unspecified atom stereocenters. The molecule has 2 aliphatic rings. The average molecular weight is 428 g/mol.